The molecule has 1 heterocycles. The quantitative estimate of drug-likeness (QED) is 0.721. The summed E-state index contributed by atoms with van der Waals surface area (Å²) in [7, 11) is 1.74. The summed E-state index contributed by atoms with van der Waals surface area (Å²) in [5.41, 5.74) is 3.49. The van der Waals surface area contributed by atoms with E-state index in [0.29, 0.717) is 5.02 Å². The first-order valence-corrected chi connectivity index (χ1v) is 9.32. The van der Waals surface area contributed by atoms with Crippen LogP contribution < -0.4 is 10.6 Å². The van der Waals surface area contributed by atoms with E-state index in [2.05, 4.69) is 50.8 Å². The molecule has 1 aliphatic heterocycles. The third-order valence-corrected chi connectivity index (χ3v) is 5.28. The monoisotopic (exact) mass is 408 g/mol. The van der Waals surface area contributed by atoms with Crippen LogP contribution in [0.4, 0.5) is 0 Å². The van der Waals surface area contributed by atoms with Gasteiger partial charge in [0.25, 0.3) is 0 Å². The first-order valence-electron chi connectivity index (χ1n) is 8.15. The Kier molecular flexibility index (Phi) is 6.31. The molecule has 1 aliphatic rings. The molecule has 0 saturated carbocycles. The molecule has 1 saturated heterocycles. The average Bonchev–Trinajstić information content (AvgIpc) is 2.53. The highest BCUT2D eigenvalue weighted by Crippen LogP contribution is 2.33. The highest BCUT2D eigenvalue weighted by molar-refractivity contribution is 9.10. The lowest BCUT2D eigenvalue weighted by atomic mass is 9.99. The molecule has 0 aliphatic carbocycles. The molecule has 3 nitrogen and oxygen atoms in total. The van der Waals surface area contributed by atoms with Crippen LogP contribution >= 0.6 is 27.5 Å². The number of methoxy groups -OCH3 is 1. The Balaban J connectivity index is 1.72. The summed E-state index contributed by atoms with van der Waals surface area (Å²) in [4.78, 5) is 0. The maximum atomic E-state index is 6.05. The fourth-order valence-corrected chi connectivity index (χ4v) is 3.83. The molecule has 1 atom stereocenters. The van der Waals surface area contributed by atoms with Crippen molar-refractivity contribution in [1.29, 1.82) is 0 Å². The van der Waals surface area contributed by atoms with Crippen molar-refractivity contribution in [3.05, 3.63) is 68.7 Å². The summed E-state index contributed by atoms with van der Waals surface area (Å²) in [5.74, 6) is 0.768. The molecule has 1 unspecified atom stereocenters. The summed E-state index contributed by atoms with van der Waals surface area (Å²) < 4.78 is 6.73. The van der Waals surface area contributed by atoms with Crippen LogP contribution in [-0.2, 0) is 11.3 Å². The van der Waals surface area contributed by atoms with E-state index in [1.54, 1.807) is 7.11 Å². The number of ether oxygens (including phenoxy) is 1. The van der Waals surface area contributed by atoms with E-state index in [-0.39, 0.29) is 6.10 Å². The molecular formula is C19H22BrClN2O. The van der Waals surface area contributed by atoms with Gasteiger partial charge in [-0.05, 0) is 34.7 Å². The second-order valence-corrected chi connectivity index (χ2v) is 7.47. The number of hydrogen-bond acceptors (Lipinski definition) is 3. The lowest BCUT2D eigenvalue weighted by Gasteiger charge is -2.27. The van der Waals surface area contributed by atoms with Crippen molar-refractivity contribution in [3.63, 3.8) is 0 Å². The third-order valence-electron chi connectivity index (χ3n) is 4.36. The molecule has 2 aromatic rings. The maximum absolute atomic E-state index is 6.05. The van der Waals surface area contributed by atoms with Crippen LogP contribution in [0, 0.1) is 5.92 Å². The highest BCUT2D eigenvalue weighted by atomic mass is 79.9. The predicted octanol–water partition coefficient (Wildman–Crippen LogP) is 4.15. The number of hydrogen-bond donors (Lipinski definition) is 2. The van der Waals surface area contributed by atoms with E-state index in [9.17, 15) is 0 Å². The first-order chi connectivity index (χ1) is 11.7. The van der Waals surface area contributed by atoms with Crippen LogP contribution in [0.25, 0.3) is 0 Å². The molecule has 0 amide bonds. The van der Waals surface area contributed by atoms with Gasteiger partial charge in [0.1, 0.15) is 6.10 Å². The Labute approximate surface area is 156 Å². The van der Waals surface area contributed by atoms with E-state index in [1.807, 2.05) is 18.2 Å². The molecule has 128 valence electrons. The summed E-state index contributed by atoms with van der Waals surface area (Å²) in [6, 6.07) is 14.4. The van der Waals surface area contributed by atoms with Crippen LogP contribution in [-0.4, -0.2) is 26.7 Å². The van der Waals surface area contributed by atoms with Crippen LogP contribution in [0.3, 0.4) is 0 Å². The fraction of sp³-hybridized carbons (Fsp3) is 0.368. The van der Waals surface area contributed by atoms with Crippen molar-refractivity contribution < 1.29 is 4.74 Å². The van der Waals surface area contributed by atoms with Gasteiger partial charge in [-0.15, -0.1) is 0 Å². The van der Waals surface area contributed by atoms with Gasteiger partial charge in [0, 0.05) is 42.8 Å². The lowest BCUT2D eigenvalue weighted by molar-refractivity contribution is 0.136. The minimum atomic E-state index is -0.118. The zero-order chi connectivity index (χ0) is 16.9. The fourth-order valence-electron chi connectivity index (χ4n) is 2.94. The molecule has 0 radical (unpaired) electrons. The molecule has 2 aromatic carbocycles. The van der Waals surface area contributed by atoms with Crippen LogP contribution in [0.2, 0.25) is 5.02 Å². The minimum absolute atomic E-state index is 0.118. The van der Waals surface area contributed by atoms with Gasteiger partial charge >= 0.3 is 0 Å². The van der Waals surface area contributed by atoms with Gasteiger partial charge in [-0.1, -0.05) is 57.9 Å². The number of halogens is 2. The Bertz CT molecular complexity index is 691. The number of benzene rings is 2. The zero-order valence-corrected chi connectivity index (χ0v) is 16.0. The van der Waals surface area contributed by atoms with Gasteiger partial charge in [-0.2, -0.15) is 0 Å². The summed E-state index contributed by atoms with van der Waals surface area (Å²) >= 11 is 9.65. The predicted molar refractivity (Wildman–Crippen MR) is 103 cm³/mol. The Morgan fingerprint density at radius 1 is 1.29 bits per heavy atom. The standard InChI is InChI=1S/C19H22BrClN2O/c1-24-19(17-6-5-16(21)8-18(17)20)15-4-2-3-13(7-15)9-22-10-14-11-23-12-14/h2-8,14,19,22-23H,9-12H2,1H3. The van der Waals surface area contributed by atoms with Crippen molar-refractivity contribution in [2.24, 2.45) is 5.92 Å². The molecule has 1 fully saturated rings. The van der Waals surface area contributed by atoms with Gasteiger partial charge in [0.2, 0.25) is 0 Å². The minimum Gasteiger partial charge on any atom is -0.372 e. The molecule has 0 aromatic heterocycles. The lowest BCUT2D eigenvalue weighted by Crippen LogP contribution is -2.47. The van der Waals surface area contributed by atoms with Gasteiger partial charge in [0.05, 0.1) is 0 Å². The smallest absolute Gasteiger partial charge is 0.108 e. The van der Waals surface area contributed by atoms with Crippen LogP contribution in [0.15, 0.2) is 46.9 Å². The van der Waals surface area contributed by atoms with Crippen molar-refractivity contribution in [2.45, 2.75) is 12.6 Å². The van der Waals surface area contributed by atoms with Crippen LogP contribution in [0.1, 0.15) is 22.8 Å². The molecule has 5 heteroatoms. The largest absolute Gasteiger partial charge is 0.372 e. The SMILES string of the molecule is COC(c1cccc(CNCC2CNC2)c1)c1ccc(Cl)cc1Br. The van der Waals surface area contributed by atoms with E-state index >= 15 is 0 Å². The van der Waals surface area contributed by atoms with Gasteiger partial charge in [-0.25, -0.2) is 0 Å². The Hall–Kier alpha value is -0.910. The molecule has 24 heavy (non-hydrogen) atoms. The summed E-state index contributed by atoms with van der Waals surface area (Å²) in [6.45, 7) is 4.20. The average molecular weight is 410 g/mol. The normalized spacial score (nSPS) is 16.0. The second kappa shape index (κ2) is 8.45. The van der Waals surface area contributed by atoms with E-state index in [0.717, 1.165) is 47.7 Å². The molecule has 0 bridgehead atoms. The van der Waals surface area contributed by atoms with E-state index < -0.39 is 0 Å². The number of nitrogens with one attached hydrogen (secondary N) is 2. The van der Waals surface area contributed by atoms with Crippen molar-refractivity contribution in [2.75, 3.05) is 26.7 Å². The zero-order valence-electron chi connectivity index (χ0n) is 13.7. The number of rotatable bonds is 7. The first kappa shape index (κ1) is 17.9. The van der Waals surface area contributed by atoms with E-state index in [4.69, 9.17) is 16.3 Å². The molecule has 2 N–H and O–H groups in total. The topological polar surface area (TPSA) is 33.3 Å². The molecular weight excluding hydrogens is 388 g/mol. The molecule has 3 rings (SSSR count). The van der Waals surface area contributed by atoms with Gasteiger partial charge in [0.15, 0.2) is 0 Å². The van der Waals surface area contributed by atoms with Crippen molar-refractivity contribution in [3.8, 4) is 0 Å². The van der Waals surface area contributed by atoms with Gasteiger partial charge < -0.3 is 15.4 Å². The molecule has 0 spiro atoms. The summed E-state index contributed by atoms with van der Waals surface area (Å²) in [6.07, 6.45) is -0.118. The third kappa shape index (κ3) is 4.38. The second-order valence-electron chi connectivity index (χ2n) is 6.18. The van der Waals surface area contributed by atoms with Crippen LogP contribution in [0.5, 0.6) is 0 Å². The summed E-state index contributed by atoms with van der Waals surface area (Å²) in [5, 5.41) is 7.55. The van der Waals surface area contributed by atoms with E-state index in [1.165, 1.54) is 5.56 Å². The van der Waals surface area contributed by atoms with Crippen molar-refractivity contribution in [1.82, 2.24) is 10.6 Å². The Morgan fingerprint density at radius 3 is 2.79 bits per heavy atom. The van der Waals surface area contributed by atoms with Crippen molar-refractivity contribution >= 4 is 27.5 Å². The maximum Gasteiger partial charge on any atom is 0.108 e. The highest BCUT2D eigenvalue weighted by Gasteiger charge is 2.18. The van der Waals surface area contributed by atoms with Gasteiger partial charge in [-0.3, -0.25) is 0 Å². The Morgan fingerprint density at radius 2 is 2.12 bits per heavy atom.